The predicted octanol–water partition coefficient (Wildman–Crippen LogP) is 2.27. The lowest BCUT2D eigenvalue weighted by atomic mass is 10.0. The molecular weight excluding hydrogens is 242 g/mol. The van der Waals surface area contributed by atoms with E-state index in [0.29, 0.717) is 17.6 Å². The molecule has 1 saturated heterocycles. The van der Waals surface area contributed by atoms with Crippen LogP contribution in [0.4, 0.5) is 5.82 Å². The highest BCUT2D eigenvalue weighted by atomic mass is 16.5. The number of hydrogen-bond donors (Lipinski definition) is 1. The van der Waals surface area contributed by atoms with Crippen LogP contribution in [0, 0.1) is 0 Å². The fraction of sp³-hybridized carbons (Fsp3) is 0.714. The zero-order valence-electron chi connectivity index (χ0n) is 11.5. The van der Waals surface area contributed by atoms with Gasteiger partial charge in [0.2, 0.25) is 5.88 Å². The van der Waals surface area contributed by atoms with Crippen molar-refractivity contribution >= 4 is 5.82 Å². The Morgan fingerprint density at radius 2 is 1.89 bits per heavy atom. The highest BCUT2D eigenvalue weighted by Gasteiger charge is 2.29. The number of nitrogens with two attached hydrogens (primary N) is 1. The number of rotatable bonds is 3. The fourth-order valence-electron chi connectivity index (χ4n) is 2.66. The van der Waals surface area contributed by atoms with Gasteiger partial charge in [0.25, 0.3) is 0 Å². The molecule has 0 spiro atoms. The van der Waals surface area contributed by atoms with Crippen molar-refractivity contribution in [2.75, 3.05) is 5.73 Å². The van der Waals surface area contributed by atoms with Gasteiger partial charge in [0, 0.05) is 24.8 Å². The van der Waals surface area contributed by atoms with Crippen molar-refractivity contribution in [2.45, 2.75) is 63.8 Å². The molecule has 2 aliphatic rings. The molecule has 1 aliphatic carbocycles. The minimum atomic E-state index is 0.153. The van der Waals surface area contributed by atoms with Gasteiger partial charge in [-0.3, -0.25) is 0 Å². The first-order chi connectivity index (χ1) is 9.10. The van der Waals surface area contributed by atoms with Crippen molar-refractivity contribution < 1.29 is 9.47 Å². The first kappa shape index (κ1) is 12.7. The van der Waals surface area contributed by atoms with Gasteiger partial charge in [0.1, 0.15) is 17.7 Å². The molecule has 1 aromatic rings. The van der Waals surface area contributed by atoms with E-state index in [9.17, 15) is 0 Å². The number of nitrogen functional groups attached to an aromatic ring is 1. The molecule has 2 atom stereocenters. The predicted molar refractivity (Wildman–Crippen MR) is 72.1 cm³/mol. The Morgan fingerprint density at radius 3 is 2.53 bits per heavy atom. The van der Waals surface area contributed by atoms with Crippen molar-refractivity contribution in [2.24, 2.45) is 0 Å². The second-order valence-corrected chi connectivity index (χ2v) is 5.73. The summed E-state index contributed by atoms with van der Waals surface area (Å²) >= 11 is 0. The molecular formula is C14H21N3O2. The topological polar surface area (TPSA) is 70.3 Å². The second kappa shape index (κ2) is 4.96. The maximum absolute atomic E-state index is 5.98. The molecule has 2 heterocycles. The monoisotopic (exact) mass is 263 g/mol. The maximum atomic E-state index is 5.98. The molecule has 3 rings (SSSR count). The average molecular weight is 263 g/mol. The van der Waals surface area contributed by atoms with Gasteiger partial charge >= 0.3 is 0 Å². The summed E-state index contributed by atoms with van der Waals surface area (Å²) in [7, 11) is 0. The lowest BCUT2D eigenvalue weighted by Gasteiger charge is -2.31. The Bertz CT molecular complexity index is 452. The van der Waals surface area contributed by atoms with E-state index in [4.69, 9.17) is 15.2 Å². The zero-order valence-corrected chi connectivity index (χ0v) is 11.5. The Labute approximate surface area is 113 Å². The van der Waals surface area contributed by atoms with Crippen LogP contribution in [0.1, 0.15) is 51.3 Å². The van der Waals surface area contributed by atoms with Crippen LogP contribution >= 0.6 is 0 Å². The summed E-state index contributed by atoms with van der Waals surface area (Å²) in [6.07, 6.45) is 4.73. The van der Waals surface area contributed by atoms with Gasteiger partial charge in [-0.05, 0) is 26.7 Å². The molecule has 0 amide bonds. The minimum Gasteiger partial charge on any atom is -0.474 e. The molecule has 0 bridgehead atoms. The van der Waals surface area contributed by atoms with Crippen molar-refractivity contribution in [3.63, 3.8) is 0 Å². The third-order valence-corrected chi connectivity index (χ3v) is 3.62. The van der Waals surface area contributed by atoms with Gasteiger partial charge < -0.3 is 15.2 Å². The van der Waals surface area contributed by atoms with Crippen molar-refractivity contribution in [1.29, 1.82) is 0 Å². The van der Waals surface area contributed by atoms with Crippen molar-refractivity contribution in [3.8, 4) is 5.88 Å². The molecule has 0 radical (unpaired) electrons. The molecule has 5 heteroatoms. The fourth-order valence-corrected chi connectivity index (χ4v) is 2.66. The second-order valence-electron chi connectivity index (χ2n) is 5.73. The summed E-state index contributed by atoms with van der Waals surface area (Å²) in [5.74, 6) is 2.43. The Balaban J connectivity index is 1.71. The zero-order chi connectivity index (χ0) is 13.4. The standard InChI is InChI=1S/C14H21N3O2/c1-8-5-11(6-9(2)18-8)19-13-7-12(15)16-14(17-13)10-3-4-10/h7-11H,3-6H2,1-2H3,(H2,15,16,17). The van der Waals surface area contributed by atoms with E-state index >= 15 is 0 Å². The summed E-state index contributed by atoms with van der Waals surface area (Å²) in [4.78, 5) is 8.77. The van der Waals surface area contributed by atoms with E-state index in [2.05, 4.69) is 23.8 Å². The van der Waals surface area contributed by atoms with Crippen LogP contribution in [-0.4, -0.2) is 28.3 Å². The van der Waals surface area contributed by atoms with Crippen molar-refractivity contribution in [1.82, 2.24) is 9.97 Å². The molecule has 104 valence electrons. The first-order valence-corrected chi connectivity index (χ1v) is 7.06. The normalized spacial score (nSPS) is 31.2. The molecule has 19 heavy (non-hydrogen) atoms. The van der Waals surface area contributed by atoms with E-state index in [0.717, 1.165) is 31.5 Å². The molecule has 2 N–H and O–H groups in total. The van der Waals surface area contributed by atoms with Crippen LogP contribution in [0.3, 0.4) is 0 Å². The molecule has 0 aromatic carbocycles. The van der Waals surface area contributed by atoms with Crippen LogP contribution in [-0.2, 0) is 4.74 Å². The number of anilines is 1. The highest BCUT2D eigenvalue weighted by Crippen LogP contribution is 2.39. The summed E-state index contributed by atoms with van der Waals surface area (Å²) in [6.45, 7) is 4.16. The van der Waals surface area contributed by atoms with E-state index in [-0.39, 0.29) is 18.3 Å². The molecule has 1 aromatic heterocycles. The van der Waals surface area contributed by atoms with E-state index in [1.54, 1.807) is 6.07 Å². The lowest BCUT2D eigenvalue weighted by Crippen LogP contribution is -2.35. The summed E-state index contributed by atoms with van der Waals surface area (Å²) < 4.78 is 11.7. The average Bonchev–Trinajstić information content (AvgIpc) is 3.09. The van der Waals surface area contributed by atoms with Gasteiger partial charge in [-0.25, -0.2) is 4.98 Å². The summed E-state index contributed by atoms with van der Waals surface area (Å²) in [6, 6.07) is 1.72. The molecule has 2 unspecified atom stereocenters. The Morgan fingerprint density at radius 1 is 1.21 bits per heavy atom. The summed E-state index contributed by atoms with van der Waals surface area (Å²) in [5, 5.41) is 0. The minimum absolute atomic E-state index is 0.153. The number of ether oxygens (including phenoxy) is 2. The van der Waals surface area contributed by atoms with E-state index < -0.39 is 0 Å². The smallest absolute Gasteiger partial charge is 0.219 e. The van der Waals surface area contributed by atoms with Crippen LogP contribution < -0.4 is 10.5 Å². The quantitative estimate of drug-likeness (QED) is 0.905. The van der Waals surface area contributed by atoms with Gasteiger partial charge in [-0.1, -0.05) is 0 Å². The number of nitrogens with zero attached hydrogens (tertiary/aromatic N) is 2. The first-order valence-electron chi connectivity index (χ1n) is 7.06. The Kier molecular flexibility index (Phi) is 3.31. The van der Waals surface area contributed by atoms with Gasteiger partial charge in [0.05, 0.1) is 12.2 Å². The van der Waals surface area contributed by atoms with Crippen molar-refractivity contribution in [3.05, 3.63) is 11.9 Å². The van der Waals surface area contributed by atoms with E-state index in [1.165, 1.54) is 0 Å². The molecule has 1 aliphatic heterocycles. The highest BCUT2D eigenvalue weighted by molar-refractivity contribution is 5.34. The lowest BCUT2D eigenvalue weighted by molar-refractivity contribution is -0.0730. The van der Waals surface area contributed by atoms with Crippen LogP contribution in [0.2, 0.25) is 0 Å². The Hall–Kier alpha value is -1.36. The largest absolute Gasteiger partial charge is 0.474 e. The number of hydrogen-bond acceptors (Lipinski definition) is 5. The molecule has 5 nitrogen and oxygen atoms in total. The van der Waals surface area contributed by atoms with Crippen LogP contribution in [0.15, 0.2) is 6.07 Å². The van der Waals surface area contributed by atoms with Gasteiger partial charge in [0.15, 0.2) is 0 Å². The van der Waals surface area contributed by atoms with Crippen LogP contribution in [0.25, 0.3) is 0 Å². The van der Waals surface area contributed by atoms with Gasteiger partial charge in [-0.15, -0.1) is 0 Å². The molecule has 1 saturated carbocycles. The van der Waals surface area contributed by atoms with Crippen LogP contribution in [0.5, 0.6) is 5.88 Å². The number of aromatic nitrogens is 2. The third kappa shape index (κ3) is 3.15. The third-order valence-electron chi connectivity index (χ3n) is 3.62. The maximum Gasteiger partial charge on any atom is 0.219 e. The van der Waals surface area contributed by atoms with Gasteiger partial charge in [-0.2, -0.15) is 4.98 Å². The summed E-state index contributed by atoms with van der Waals surface area (Å²) in [5.41, 5.74) is 5.83. The van der Waals surface area contributed by atoms with E-state index in [1.807, 2.05) is 0 Å². The molecule has 2 fully saturated rings. The SMILES string of the molecule is CC1CC(Oc2cc(N)nc(C3CC3)n2)CC(C)O1.